The Morgan fingerprint density at radius 2 is 1.34 bits per heavy atom. The second-order valence-electron chi connectivity index (χ2n) is 6.43. The van der Waals surface area contributed by atoms with Crippen LogP contribution >= 0.6 is 0 Å². The number of hydrogen-bond acceptors (Lipinski definition) is 4. The van der Waals surface area contributed by atoms with Gasteiger partial charge >= 0.3 is 0 Å². The molecule has 1 unspecified atom stereocenters. The smallest absolute Gasteiger partial charge is 0.238 e. The van der Waals surface area contributed by atoms with Crippen molar-refractivity contribution in [2.45, 2.75) is 31.2 Å². The van der Waals surface area contributed by atoms with Crippen LogP contribution in [-0.2, 0) is 75.4 Å². The second kappa shape index (κ2) is 14.5. The van der Waals surface area contributed by atoms with Gasteiger partial charge in [0, 0.05) is 71.8 Å². The summed E-state index contributed by atoms with van der Waals surface area (Å²) in [5.74, 6) is 0. The number of nitrogens with zero attached hydrogens (tertiary/aromatic N) is 2. The van der Waals surface area contributed by atoms with Gasteiger partial charge in [-0.05, 0) is 35.4 Å². The van der Waals surface area contributed by atoms with E-state index in [-0.39, 0.29) is 83.8 Å². The third kappa shape index (κ3) is 7.65. The van der Waals surface area contributed by atoms with Gasteiger partial charge in [-0.3, -0.25) is 5.01 Å². The van der Waals surface area contributed by atoms with Crippen LogP contribution in [0.1, 0.15) is 37.4 Å². The first-order chi connectivity index (χ1) is 14.0. The summed E-state index contributed by atoms with van der Waals surface area (Å²) in [5.41, 5.74) is 4.06. The van der Waals surface area contributed by atoms with Crippen LogP contribution in [-0.4, -0.2) is 14.1 Å². The molecule has 32 heavy (non-hydrogen) atoms. The number of rotatable bonds is 4. The van der Waals surface area contributed by atoms with E-state index < -0.39 is 10.0 Å². The Bertz CT molecular complexity index is 1080. The van der Waals surface area contributed by atoms with Gasteiger partial charge in [-0.2, -0.15) is 5.10 Å². The van der Waals surface area contributed by atoms with E-state index in [0.717, 1.165) is 28.9 Å². The van der Waals surface area contributed by atoms with E-state index in [1.165, 1.54) is 12.1 Å². The number of hydrazone groups is 1. The summed E-state index contributed by atoms with van der Waals surface area (Å²) >= 11 is 0. The SMILES string of the molecule is CC.NS(=O)(=O)c1ccc(N2N=C(c3ccccc3)CC2c2ccccc2)cc1.[CH3-].[Y].[Y]. The van der Waals surface area contributed by atoms with Crippen LogP contribution in [0.5, 0.6) is 0 Å². The summed E-state index contributed by atoms with van der Waals surface area (Å²) in [5, 5.41) is 12.0. The first kappa shape index (κ1) is 31.2. The van der Waals surface area contributed by atoms with Crippen LogP contribution in [0.25, 0.3) is 0 Å². The van der Waals surface area contributed by atoms with E-state index in [2.05, 4.69) is 24.3 Å². The normalized spacial score (nSPS) is 14.5. The van der Waals surface area contributed by atoms with Gasteiger partial charge in [0.2, 0.25) is 10.0 Å². The maximum Gasteiger partial charge on any atom is 0.238 e. The van der Waals surface area contributed by atoms with Gasteiger partial charge in [0.1, 0.15) is 0 Å². The summed E-state index contributed by atoms with van der Waals surface area (Å²) in [4.78, 5) is 0.0916. The molecule has 5 nitrogen and oxygen atoms in total. The minimum Gasteiger partial charge on any atom is -0.358 e. The van der Waals surface area contributed by atoms with Crippen molar-refractivity contribution in [2.75, 3.05) is 5.01 Å². The molecule has 8 heteroatoms. The van der Waals surface area contributed by atoms with Crippen LogP contribution in [0, 0.1) is 7.43 Å². The van der Waals surface area contributed by atoms with E-state index in [1.54, 1.807) is 12.1 Å². The molecule has 0 saturated heterocycles. The van der Waals surface area contributed by atoms with Crippen LogP contribution < -0.4 is 10.1 Å². The van der Waals surface area contributed by atoms with Gasteiger partial charge in [-0.25, -0.2) is 13.6 Å². The molecule has 0 aromatic heterocycles. The van der Waals surface area contributed by atoms with Crippen molar-refractivity contribution in [1.29, 1.82) is 0 Å². The maximum absolute atomic E-state index is 11.5. The average Bonchev–Trinajstić information content (AvgIpc) is 3.21. The predicted octanol–water partition coefficient (Wildman–Crippen LogP) is 5.16. The van der Waals surface area contributed by atoms with Crippen molar-refractivity contribution in [3.8, 4) is 0 Å². The summed E-state index contributed by atoms with van der Waals surface area (Å²) in [6.45, 7) is 4.00. The zero-order chi connectivity index (χ0) is 20.9. The molecule has 0 fully saturated rings. The van der Waals surface area contributed by atoms with Gasteiger partial charge in [0.25, 0.3) is 0 Å². The van der Waals surface area contributed by atoms with Crippen LogP contribution in [0.3, 0.4) is 0 Å². The molecule has 4 rings (SSSR count). The molecule has 0 saturated carbocycles. The van der Waals surface area contributed by atoms with E-state index in [1.807, 2.05) is 55.3 Å². The Hall–Kier alpha value is -0.752. The standard InChI is InChI=1S/C21H19N3O2S.C2H6.CH3.2Y/c22-27(25,26)19-13-11-18(12-14-19)24-21(17-9-5-2-6-10-17)15-20(23-24)16-7-3-1-4-8-16;1-2;;;/h1-14,21H,15H2,(H2,22,25,26);1-2H3;1H3;;/q;;-1;;. The molecule has 1 heterocycles. The van der Waals surface area contributed by atoms with Crippen molar-refractivity contribution < 1.29 is 73.8 Å². The average molecular weight is 600 g/mol. The van der Waals surface area contributed by atoms with E-state index in [4.69, 9.17) is 10.2 Å². The zero-order valence-electron chi connectivity index (χ0n) is 18.7. The first-order valence-electron chi connectivity index (χ1n) is 9.62. The molecule has 0 bridgehead atoms. The van der Waals surface area contributed by atoms with E-state index in [0.29, 0.717) is 0 Å². The summed E-state index contributed by atoms with van der Waals surface area (Å²) in [6.07, 6.45) is 0.769. The summed E-state index contributed by atoms with van der Waals surface area (Å²) < 4.78 is 23.0. The third-order valence-corrected chi connectivity index (χ3v) is 5.56. The number of benzene rings is 3. The molecule has 1 aliphatic rings. The minimum atomic E-state index is -3.72. The van der Waals surface area contributed by atoms with Gasteiger partial charge in [-0.1, -0.05) is 74.5 Å². The van der Waals surface area contributed by atoms with Crippen molar-refractivity contribution in [3.63, 3.8) is 0 Å². The first-order valence-corrected chi connectivity index (χ1v) is 11.2. The molecule has 0 amide bonds. The Kier molecular flexibility index (Phi) is 14.2. The molecule has 2 radical (unpaired) electrons. The second-order valence-corrected chi connectivity index (χ2v) is 7.99. The maximum atomic E-state index is 11.5. The Morgan fingerprint density at radius 3 is 1.84 bits per heavy atom. The van der Waals surface area contributed by atoms with Crippen LogP contribution in [0.15, 0.2) is 94.9 Å². The van der Waals surface area contributed by atoms with Crippen molar-refractivity contribution >= 4 is 21.4 Å². The molecule has 3 aromatic rings. The van der Waals surface area contributed by atoms with Crippen molar-refractivity contribution in [2.24, 2.45) is 10.2 Å². The molecular formula is C24H28N3O2SY2-. The molecule has 1 aliphatic heterocycles. The fourth-order valence-corrected chi connectivity index (χ4v) is 3.79. The topological polar surface area (TPSA) is 75.8 Å². The molecule has 0 aliphatic carbocycles. The number of primary sulfonamides is 1. The van der Waals surface area contributed by atoms with Gasteiger partial charge in [-0.15, -0.1) is 0 Å². The Morgan fingerprint density at radius 1 is 0.844 bits per heavy atom. The Labute approximate surface area is 242 Å². The third-order valence-electron chi connectivity index (χ3n) is 4.63. The summed E-state index contributed by atoms with van der Waals surface area (Å²) in [6, 6.07) is 26.8. The minimum absolute atomic E-state index is 0. The van der Waals surface area contributed by atoms with E-state index >= 15 is 0 Å². The number of sulfonamides is 1. The molecule has 0 spiro atoms. The largest absolute Gasteiger partial charge is 0.358 e. The van der Waals surface area contributed by atoms with Crippen LogP contribution in [0.4, 0.5) is 5.69 Å². The molecular weight excluding hydrogens is 572 g/mol. The molecule has 1 atom stereocenters. The summed E-state index contributed by atoms with van der Waals surface area (Å²) in [7, 11) is -3.72. The van der Waals surface area contributed by atoms with Gasteiger partial charge in [0.05, 0.1) is 22.3 Å². The van der Waals surface area contributed by atoms with E-state index in [9.17, 15) is 8.42 Å². The fourth-order valence-electron chi connectivity index (χ4n) is 3.28. The van der Waals surface area contributed by atoms with Crippen molar-refractivity contribution in [1.82, 2.24) is 0 Å². The van der Waals surface area contributed by atoms with Gasteiger partial charge < -0.3 is 7.43 Å². The predicted molar refractivity (Wildman–Crippen MR) is 125 cm³/mol. The van der Waals surface area contributed by atoms with Crippen molar-refractivity contribution in [3.05, 3.63) is 103 Å². The van der Waals surface area contributed by atoms with Gasteiger partial charge in [0.15, 0.2) is 0 Å². The number of hydrogen-bond donors (Lipinski definition) is 1. The van der Waals surface area contributed by atoms with Crippen LogP contribution in [0.2, 0.25) is 0 Å². The monoisotopic (exact) mass is 600 g/mol. The zero-order valence-corrected chi connectivity index (χ0v) is 25.2. The Balaban J connectivity index is 0.00000187. The molecule has 164 valence electrons. The number of anilines is 1. The number of nitrogens with two attached hydrogens (primary N) is 1. The quantitative estimate of drug-likeness (QED) is 0.421. The fraction of sp³-hybridized carbons (Fsp3) is 0.167. The molecule has 3 aromatic carbocycles. The molecule has 2 N–H and O–H groups in total.